The van der Waals surface area contributed by atoms with Crippen molar-refractivity contribution >= 4 is 34.8 Å². The van der Waals surface area contributed by atoms with E-state index < -0.39 is 0 Å². The van der Waals surface area contributed by atoms with Crippen LogP contribution in [-0.4, -0.2) is 38.6 Å². The number of nitrogens with one attached hydrogen (secondary N) is 2. The van der Waals surface area contributed by atoms with E-state index in [9.17, 15) is 9.59 Å². The number of halogens is 1. The second-order valence-corrected chi connectivity index (χ2v) is 7.59. The molecule has 10 heteroatoms. The largest absolute Gasteiger partial charge is 0.494 e. The van der Waals surface area contributed by atoms with E-state index >= 15 is 0 Å². The van der Waals surface area contributed by atoms with Crippen molar-refractivity contribution in [2.75, 3.05) is 17.2 Å². The van der Waals surface area contributed by atoms with E-state index in [0.717, 1.165) is 5.75 Å². The van der Waals surface area contributed by atoms with Crippen LogP contribution in [0.2, 0.25) is 5.02 Å². The molecule has 0 aliphatic rings. The van der Waals surface area contributed by atoms with Gasteiger partial charge in [-0.2, -0.15) is 4.80 Å². The fraction of sp³-hybridized carbons (Fsp3) is 0.125. The van der Waals surface area contributed by atoms with Gasteiger partial charge in [0.15, 0.2) is 0 Å². The number of para-hydroxylation sites is 1. The van der Waals surface area contributed by atoms with Crippen LogP contribution in [0.5, 0.6) is 5.75 Å². The molecule has 0 unspecified atom stereocenters. The molecule has 0 spiro atoms. The number of aromatic nitrogens is 4. The highest BCUT2D eigenvalue weighted by atomic mass is 35.5. The average Bonchev–Trinajstić information content (AvgIpc) is 3.29. The first-order chi connectivity index (χ1) is 16.5. The number of benzene rings is 3. The van der Waals surface area contributed by atoms with Crippen LogP contribution in [0.25, 0.3) is 11.4 Å². The molecule has 4 aromatic rings. The van der Waals surface area contributed by atoms with Gasteiger partial charge in [-0.3, -0.25) is 9.59 Å². The zero-order chi connectivity index (χ0) is 23.9. The Bertz CT molecular complexity index is 1290. The lowest BCUT2D eigenvalue weighted by molar-refractivity contribution is -0.117. The lowest BCUT2D eigenvalue weighted by Crippen LogP contribution is -2.20. The Morgan fingerprint density at radius 3 is 2.44 bits per heavy atom. The molecule has 34 heavy (non-hydrogen) atoms. The van der Waals surface area contributed by atoms with Crippen molar-refractivity contribution in [3.05, 3.63) is 83.4 Å². The lowest BCUT2D eigenvalue weighted by Gasteiger charge is -2.09. The first kappa shape index (κ1) is 22.9. The fourth-order valence-corrected chi connectivity index (χ4v) is 3.26. The molecule has 2 N–H and O–H groups in total. The summed E-state index contributed by atoms with van der Waals surface area (Å²) in [6.45, 7) is 2.35. The molecular formula is C24H21ClN6O3. The molecule has 0 fully saturated rings. The van der Waals surface area contributed by atoms with Gasteiger partial charge in [-0.1, -0.05) is 23.7 Å². The number of anilines is 2. The summed E-state index contributed by atoms with van der Waals surface area (Å²) in [6.07, 6.45) is 0. The monoisotopic (exact) mass is 476 g/mol. The zero-order valence-corrected chi connectivity index (χ0v) is 19.0. The zero-order valence-electron chi connectivity index (χ0n) is 18.2. The third-order valence-electron chi connectivity index (χ3n) is 4.71. The van der Waals surface area contributed by atoms with Crippen molar-refractivity contribution in [3.8, 4) is 17.1 Å². The fourth-order valence-electron chi connectivity index (χ4n) is 3.13. The molecule has 0 radical (unpaired) electrons. The van der Waals surface area contributed by atoms with Gasteiger partial charge in [-0.15, -0.1) is 10.2 Å². The Kier molecular flexibility index (Phi) is 7.14. The predicted molar refractivity (Wildman–Crippen MR) is 129 cm³/mol. The number of carbonyl (C=O) groups excluding carboxylic acids is 2. The molecule has 0 bridgehead atoms. The highest BCUT2D eigenvalue weighted by molar-refractivity contribution is 6.30. The van der Waals surface area contributed by atoms with E-state index in [2.05, 4.69) is 26.0 Å². The number of tetrazole rings is 1. The summed E-state index contributed by atoms with van der Waals surface area (Å²) in [5.41, 5.74) is 2.18. The van der Waals surface area contributed by atoms with E-state index in [-0.39, 0.29) is 24.2 Å². The van der Waals surface area contributed by atoms with Crippen LogP contribution < -0.4 is 15.4 Å². The van der Waals surface area contributed by atoms with Gasteiger partial charge in [-0.05, 0) is 72.8 Å². The Hall–Kier alpha value is -4.24. The second kappa shape index (κ2) is 10.6. The van der Waals surface area contributed by atoms with E-state index in [0.29, 0.717) is 34.1 Å². The maximum absolute atomic E-state index is 12.6. The smallest absolute Gasteiger partial charge is 0.255 e. The van der Waals surface area contributed by atoms with E-state index in [4.69, 9.17) is 16.3 Å². The molecule has 1 heterocycles. The van der Waals surface area contributed by atoms with Crippen LogP contribution in [0, 0.1) is 0 Å². The highest BCUT2D eigenvalue weighted by Gasteiger charge is 2.15. The van der Waals surface area contributed by atoms with Crippen LogP contribution >= 0.6 is 11.6 Å². The average molecular weight is 477 g/mol. The molecule has 0 aliphatic heterocycles. The lowest BCUT2D eigenvalue weighted by atomic mass is 10.1. The number of hydrogen-bond donors (Lipinski definition) is 2. The van der Waals surface area contributed by atoms with Crippen molar-refractivity contribution in [2.24, 2.45) is 0 Å². The molecule has 172 valence electrons. The number of hydrogen-bond acceptors (Lipinski definition) is 6. The van der Waals surface area contributed by atoms with Gasteiger partial charge in [0.05, 0.1) is 12.3 Å². The van der Waals surface area contributed by atoms with Crippen molar-refractivity contribution in [3.63, 3.8) is 0 Å². The van der Waals surface area contributed by atoms with Crippen LogP contribution in [-0.2, 0) is 11.3 Å². The maximum atomic E-state index is 12.6. The van der Waals surface area contributed by atoms with Crippen molar-refractivity contribution in [1.29, 1.82) is 0 Å². The molecule has 3 aromatic carbocycles. The number of carbonyl (C=O) groups is 2. The summed E-state index contributed by atoms with van der Waals surface area (Å²) >= 11 is 5.89. The molecular weight excluding hydrogens is 456 g/mol. The minimum absolute atomic E-state index is 0.125. The normalized spacial score (nSPS) is 10.5. The summed E-state index contributed by atoms with van der Waals surface area (Å²) in [5, 5.41) is 18.5. The van der Waals surface area contributed by atoms with E-state index in [1.54, 1.807) is 72.8 Å². The van der Waals surface area contributed by atoms with Crippen molar-refractivity contribution in [2.45, 2.75) is 13.5 Å². The van der Waals surface area contributed by atoms with Crippen LogP contribution in [0.3, 0.4) is 0 Å². The van der Waals surface area contributed by atoms with Crippen LogP contribution in [0.1, 0.15) is 17.3 Å². The third-order valence-corrected chi connectivity index (χ3v) is 4.96. The SMILES string of the molecule is CCOc1ccc(NC(=O)Cn2nnc(-c3ccccc3NC(=O)c3ccc(Cl)cc3)n2)cc1. The minimum atomic E-state index is -0.308. The Labute approximate surface area is 200 Å². The number of rotatable bonds is 8. The minimum Gasteiger partial charge on any atom is -0.494 e. The highest BCUT2D eigenvalue weighted by Crippen LogP contribution is 2.25. The van der Waals surface area contributed by atoms with E-state index in [1.165, 1.54) is 4.80 Å². The Morgan fingerprint density at radius 1 is 0.971 bits per heavy atom. The van der Waals surface area contributed by atoms with Crippen LogP contribution in [0.4, 0.5) is 11.4 Å². The van der Waals surface area contributed by atoms with E-state index in [1.807, 2.05) is 6.92 Å². The number of nitrogens with zero attached hydrogens (tertiary/aromatic N) is 4. The Morgan fingerprint density at radius 2 is 1.71 bits per heavy atom. The van der Waals surface area contributed by atoms with Gasteiger partial charge in [-0.25, -0.2) is 0 Å². The number of amides is 2. The summed E-state index contributed by atoms with van der Waals surface area (Å²) in [6, 6.07) is 20.7. The van der Waals surface area contributed by atoms with Gasteiger partial charge in [0.25, 0.3) is 5.91 Å². The summed E-state index contributed by atoms with van der Waals surface area (Å²) < 4.78 is 5.39. The Balaban J connectivity index is 1.43. The predicted octanol–water partition coefficient (Wildman–Crippen LogP) is 4.28. The first-order valence-electron chi connectivity index (χ1n) is 10.5. The summed E-state index contributed by atoms with van der Waals surface area (Å²) in [5.74, 6) is 0.398. The quantitative estimate of drug-likeness (QED) is 0.392. The van der Waals surface area contributed by atoms with Crippen molar-refractivity contribution in [1.82, 2.24) is 20.2 Å². The van der Waals surface area contributed by atoms with Gasteiger partial charge in [0.1, 0.15) is 12.3 Å². The third kappa shape index (κ3) is 5.76. The van der Waals surface area contributed by atoms with Gasteiger partial charge < -0.3 is 15.4 Å². The molecule has 1 aromatic heterocycles. The number of ether oxygens (including phenoxy) is 1. The molecule has 0 atom stereocenters. The topological polar surface area (TPSA) is 111 Å². The standard InChI is InChI=1S/C24H21ClN6O3/c1-2-34-19-13-11-18(12-14-19)26-22(32)15-31-29-23(28-30-31)20-5-3-4-6-21(20)27-24(33)16-7-9-17(25)10-8-16/h3-14H,2,15H2,1H3,(H,26,32)(H,27,33). The molecule has 9 nitrogen and oxygen atoms in total. The maximum Gasteiger partial charge on any atom is 0.255 e. The van der Waals surface area contributed by atoms with Crippen molar-refractivity contribution < 1.29 is 14.3 Å². The van der Waals surface area contributed by atoms with Crippen LogP contribution in [0.15, 0.2) is 72.8 Å². The molecule has 4 rings (SSSR count). The molecule has 0 saturated carbocycles. The van der Waals surface area contributed by atoms with Gasteiger partial charge in [0, 0.05) is 21.8 Å². The molecule has 0 aliphatic carbocycles. The molecule has 0 saturated heterocycles. The second-order valence-electron chi connectivity index (χ2n) is 7.16. The van der Waals surface area contributed by atoms with Gasteiger partial charge in [0.2, 0.25) is 11.7 Å². The summed E-state index contributed by atoms with van der Waals surface area (Å²) in [4.78, 5) is 26.2. The first-order valence-corrected chi connectivity index (χ1v) is 10.9. The van der Waals surface area contributed by atoms with Gasteiger partial charge >= 0.3 is 0 Å². The molecule has 2 amide bonds. The summed E-state index contributed by atoms with van der Waals surface area (Å²) in [7, 11) is 0.